The molecule has 0 spiro atoms. The molecule has 0 aliphatic heterocycles. The van der Waals surface area contributed by atoms with Crippen LogP contribution in [0.15, 0.2) is 6.20 Å². The number of nitrogens with zero attached hydrogens (tertiary/aromatic N) is 2. The van der Waals surface area contributed by atoms with Gasteiger partial charge in [-0.15, -0.1) is 0 Å². The molecule has 0 amide bonds. The molecule has 5 heteroatoms. The molecular weight excluding hydrogens is 170 g/mol. The molecule has 1 aromatic heterocycles. The van der Waals surface area contributed by atoms with Crippen molar-refractivity contribution in [2.75, 3.05) is 6.61 Å². The number of aliphatic hydroxyl groups is 2. The van der Waals surface area contributed by atoms with Crippen molar-refractivity contribution in [1.29, 1.82) is 0 Å². The van der Waals surface area contributed by atoms with Crippen molar-refractivity contribution >= 4 is 0 Å². The zero-order chi connectivity index (χ0) is 10.0. The molecule has 1 aromatic rings. The third kappa shape index (κ3) is 2.06. The van der Waals surface area contributed by atoms with E-state index in [4.69, 9.17) is 10.8 Å². The summed E-state index contributed by atoms with van der Waals surface area (Å²) in [7, 11) is 1.77. The van der Waals surface area contributed by atoms with Crippen molar-refractivity contribution in [1.82, 2.24) is 9.78 Å². The third-order valence-electron chi connectivity index (χ3n) is 1.99. The van der Waals surface area contributed by atoms with Gasteiger partial charge in [0.25, 0.3) is 0 Å². The lowest BCUT2D eigenvalue weighted by Gasteiger charge is -2.15. The van der Waals surface area contributed by atoms with Gasteiger partial charge in [0.1, 0.15) is 0 Å². The smallest absolute Gasteiger partial charge is 0.0996 e. The van der Waals surface area contributed by atoms with E-state index in [2.05, 4.69) is 5.10 Å². The van der Waals surface area contributed by atoms with Gasteiger partial charge in [0.05, 0.1) is 24.4 Å². The van der Waals surface area contributed by atoms with E-state index in [0.29, 0.717) is 5.56 Å². The van der Waals surface area contributed by atoms with Crippen LogP contribution in [-0.4, -0.2) is 32.6 Å². The first-order valence-electron chi connectivity index (χ1n) is 4.11. The maximum Gasteiger partial charge on any atom is 0.0996 e. The lowest BCUT2D eigenvalue weighted by atomic mass is 10.1. The molecule has 13 heavy (non-hydrogen) atoms. The van der Waals surface area contributed by atoms with Crippen molar-refractivity contribution < 1.29 is 10.2 Å². The Balaban J connectivity index is 2.87. The minimum atomic E-state index is -0.848. The van der Waals surface area contributed by atoms with Gasteiger partial charge in [-0.1, -0.05) is 0 Å². The number of aryl methyl sites for hydroxylation is 2. The van der Waals surface area contributed by atoms with E-state index in [0.717, 1.165) is 5.69 Å². The number of hydrogen-bond acceptors (Lipinski definition) is 4. The average molecular weight is 185 g/mol. The lowest BCUT2D eigenvalue weighted by molar-refractivity contribution is 0.109. The molecule has 5 nitrogen and oxygen atoms in total. The minimum Gasteiger partial charge on any atom is -0.395 e. The van der Waals surface area contributed by atoms with Crippen molar-refractivity contribution in [3.63, 3.8) is 0 Å². The standard InChI is InChI=1S/C8H15N3O2/c1-5-6(3-11(2)10-5)8(13)7(9)4-12/h3,7-8,12-13H,4,9H2,1-2H3. The average Bonchev–Trinajstić information content (AvgIpc) is 2.42. The summed E-state index contributed by atoms with van der Waals surface area (Å²) in [6.07, 6.45) is 0.855. The highest BCUT2D eigenvalue weighted by Gasteiger charge is 2.19. The number of nitrogens with two attached hydrogens (primary N) is 1. The molecule has 2 atom stereocenters. The largest absolute Gasteiger partial charge is 0.395 e. The van der Waals surface area contributed by atoms with E-state index in [-0.39, 0.29) is 6.61 Å². The molecule has 0 saturated carbocycles. The van der Waals surface area contributed by atoms with Gasteiger partial charge in [0, 0.05) is 18.8 Å². The Bertz CT molecular complexity index is 285. The molecule has 74 valence electrons. The summed E-state index contributed by atoms with van der Waals surface area (Å²) in [6, 6.07) is -0.650. The summed E-state index contributed by atoms with van der Waals surface area (Å²) in [4.78, 5) is 0. The third-order valence-corrected chi connectivity index (χ3v) is 1.99. The number of aromatic nitrogens is 2. The molecule has 2 unspecified atom stereocenters. The molecule has 0 radical (unpaired) electrons. The van der Waals surface area contributed by atoms with Gasteiger partial charge in [0.15, 0.2) is 0 Å². The van der Waals surface area contributed by atoms with Crippen molar-refractivity contribution in [3.8, 4) is 0 Å². The van der Waals surface area contributed by atoms with E-state index >= 15 is 0 Å². The van der Waals surface area contributed by atoms with E-state index in [1.54, 1.807) is 24.9 Å². The Labute approximate surface area is 76.8 Å². The van der Waals surface area contributed by atoms with E-state index in [1.807, 2.05) is 0 Å². The molecule has 0 aromatic carbocycles. The summed E-state index contributed by atoms with van der Waals surface area (Å²) in [5.74, 6) is 0. The van der Waals surface area contributed by atoms with Crippen LogP contribution in [0.3, 0.4) is 0 Å². The fraction of sp³-hybridized carbons (Fsp3) is 0.625. The zero-order valence-corrected chi connectivity index (χ0v) is 7.81. The Hall–Kier alpha value is -0.910. The lowest BCUT2D eigenvalue weighted by Crippen LogP contribution is -2.32. The predicted octanol–water partition coefficient (Wildman–Crippen LogP) is -0.918. The highest BCUT2D eigenvalue weighted by molar-refractivity contribution is 5.19. The quantitative estimate of drug-likeness (QED) is 0.568. The second-order valence-corrected chi connectivity index (χ2v) is 3.13. The fourth-order valence-electron chi connectivity index (χ4n) is 1.24. The first kappa shape index (κ1) is 10.2. The zero-order valence-electron chi connectivity index (χ0n) is 7.81. The Morgan fingerprint density at radius 3 is 2.69 bits per heavy atom. The maximum atomic E-state index is 9.64. The van der Waals surface area contributed by atoms with Crippen LogP contribution in [0.25, 0.3) is 0 Å². The Kier molecular flexibility index (Phi) is 3.02. The van der Waals surface area contributed by atoms with Crippen LogP contribution in [0.5, 0.6) is 0 Å². The number of rotatable bonds is 3. The van der Waals surface area contributed by atoms with E-state index < -0.39 is 12.1 Å². The number of hydrogen-bond donors (Lipinski definition) is 3. The summed E-state index contributed by atoms with van der Waals surface area (Å²) < 4.78 is 1.61. The van der Waals surface area contributed by atoms with Crippen LogP contribution in [0.2, 0.25) is 0 Å². The van der Waals surface area contributed by atoms with Gasteiger partial charge in [-0.05, 0) is 6.92 Å². The molecule has 0 fully saturated rings. The monoisotopic (exact) mass is 185 g/mol. The summed E-state index contributed by atoms with van der Waals surface area (Å²) in [5.41, 5.74) is 6.90. The first-order valence-corrected chi connectivity index (χ1v) is 4.11. The van der Waals surface area contributed by atoms with Gasteiger partial charge >= 0.3 is 0 Å². The van der Waals surface area contributed by atoms with E-state index in [1.165, 1.54) is 0 Å². The topological polar surface area (TPSA) is 84.3 Å². The molecule has 0 bridgehead atoms. The highest BCUT2D eigenvalue weighted by Crippen LogP contribution is 2.17. The molecule has 0 aliphatic rings. The van der Waals surface area contributed by atoms with Crippen LogP contribution in [0, 0.1) is 6.92 Å². The molecule has 1 rings (SSSR count). The van der Waals surface area contributed by atoms with Crippen LogP contribution >= 0.6 is 0 Å². The first-order chi connectivity index (χ1) is 6.06. The normalized spacial score (nSPS) is 15.8. The second kappa shape index (κ2) is 3.87. The van der Waals surface area contributed by atoms with Crippen molar-refractivity contribution in [2.24, 2.45) is 12.8 Å². The molecule has 1 heterocycles. The summed E-state index contributed by atoms with van der Waals surface area (Å²) in [6.45, 7) is 1.55. The van der Waals surface area contributed by atoms with Crippen LogP contribution in [0.4, 0.5) is 0 Å². The van der Waals surface area contributed by atoms with E-state index in [9.17, 15) is 5.11 Å². The second-order valence-electron chi connectivity index (χ2n) is 3.13. The molecule has 0 aliphatic carbocycles. The highest BCUT2D eigenvalue weighted by atomic mass is 16.3. The minimum absolute atomic E-state index is 0.241. The van der Waals surface area contributed by atoms with Gasteiger partial charge in [-0.25, -0.2) is 0 Å². The van der Waals surface area contributed by atoms with Crippen LogP contribution < -0.4 is 5.73 Å². The molecule has 0 saturated heterocycles. The predicted molar refractivity (Wildman–Crippen MR) is 48.0 cm³/mol. The van der Waals surface area contributed by atoms with Gasteiger partial charge in [0.2, 0.25) is 0 Å². The SMILES string of the molecule is Cc1nn(C)cc1C(O)C(N)CO. The van der Waals surface area contributed by atoms with Crippen molar-refractivity contribution in [3.05, 3.63) is 17.5 Å². The fourth-order valence-corrected chi connectivity index (χ4v) is 1.24. The Morgan fingerprint density at radius 2 is 2.31 bits per heavy atom. The van der Waals surface area contributed by atoms with Crippen molar-refractivity contribution in [2.45, 2.75) is 19.1 Å². The van der Waals surface area contributed by atoms with Gasteiger partial charge in [-0.3, -0.25) is 4.68 Å². The Morgan fingerprint density at radius 1 is 1.69 bits per heavy atom. The van der Waals surface area contributed by atoms with Gasteiger partial charge in [-0.2, -0.15) is 5.10 Å². The number of aliphatic hydroxyl groups excluding tert-OH is 2. The maximum absolute atomic E-state index is 9.64. The molecule has 4 N–H and O–H groups in total. The van der Waals surface area contributed by atoms with Crippen LogP contribution in [-0.2, 0) is 7.05 Å². The summed E-state index contributed by atoms with van der Waals surface area (Å²) in [5, 5.41) is 22.5. The molecular formula is C8H15N3O2. The van der Waals surface area contributed by atoms with Gasteiger partial charge < -0.3 is 15.9 Å². The van der Waals surface area contributed by atoms with Crippen LogP contribution in [0.1, 0.15) is 17.4 Å². The summed E-state index contributed by atoms with van der Waals surface area (Å²) >= 11 is 0.